The first-order valence-corrected chi connectivity index (χ1v) is 4.80. The van der Waals surface area contributed by atoms with Crippen molar-refractivity contribution in [2.45, 2.75) is 26.3 Å². The van der Waals surface area contributed by atoms with Crippen LogP contribution in [0.4, 0.5) is 0 Å². The van der Waals surface area contributed by atoms with Crippen molar-refractivity contribution < 1.29 is 0 Å². The number of hydrogen-bond acceptors (Lipinski definition) is 1. The Balaban J connectivity index is 2.43. The third kappa shape index (κ3) is 1.59. The fourth-order valence-electron chi connectivity index (χ4n) is 1.61. The third-order valence-electron chi connectivity index (χ3n) is 2.51. The van der Waals surface area contributed by atoms with E-state index in [0.29, 0.717) is 5.92 Å². The molecule has 1 N–H and O–H groups in total. The van der Waals surface area contributed by atoms with Gasteiger partial charge in [-0.15, -0.1) is 0 Å². The molecule has 68 valence electrons. The molecule has 0 aliphatic carbocycles. The second-order valence-corrected chi connectivity index (χ2v) is 3.83. The Labute approximate surface area is 79.5 Å². The molecule has 1 aromatic rings. The van der Waals surface area contributed by atoms with Gasteiger partial charge in [0, 0.05) is 6.54 Å². The van der Waals surface area contributed by atoms with Crippen LogP contribution in [0.5, 0.6) is 0 Å². The SMILES string of the molecule is CC(C)c1ccc2c(c1)C=CNC2. The Morgan fingerprint density at radius 3 is 2.92 bits per heavy atom. The van der Waals surface area contributed by atoms with Gasteiger partial charge in [-0.3, -0.25) is 0 Å². The van der Waals surface area contributed by atoms with Gasteiger partial charge in [0.1, 0.15) is 0 Å². The minimum Gasteiger partial charge on any atom is -0.387 e. The van der Waals surface area contributed by atoms with Crippen molar-refractivity contribution in [1.82, 2.24) is 5.32 Å². The minimum absolute atomic E-state index is 0.619. The smallest absolute Gasteiger partial charge is 0.0401 e. The van der Waals surface area contributed by atoms with E-state index in [2.05, 4.69) is 43.4 Å². The molecule has 2 rings (SSSR count). The van der Waals surface area contributed by atoms with Crippen LogP contribution in [0, 0.1) is 0 Å². The van der Waals surface area contributed by atoms with Crippen LogP contribution in [0.25, 0.3) is 6.08 Å². The summed E-state index contributed by atoms with van der Waals surface area (Å²) in [5.74, 6) is 0.619. The standard InChI is InChI=1S/C12H15N/c1-9(2)10-3-4-12-8-13-6-5-11(12)7-10/h3-7,9,13H,8H2,1-2H3. The zero-order valence-corrected chi connectivity index (χ0v) is 8.17. The maximum atomic E-state index is 3.21. The summed E-state index contributed by atoms with van der Waals surface area (Å²) in [5, 5.41) is 3.21. The summed E-state index contributed by atoms with van der Waals surface area (Å²) < 4.78 is 0. The van der Waals surface area contributed by atoms with E-state index in [0.717, 1.165) is 6.54 Å². The Hall–Kier alpha value is -1.24. The molecule has 1 aliphatic heterocycles. The van der Waals surface area contributed by atoms with E-state index in [1.54, 1.807) is 0 Å². The van der Waals surface area contributed by atoms with Crippen molar-refractivity contribution in [3.63, 3.8) is 0 Å². The van der Waals surface area contributed by atoms with Gasteiger partial charge >= 0.3 is 0 Å². The summed E-state index contributed by atoms with van der Waals surface area (Å²) in [6.45, 7) is 5.42. The second-order valence-electron chi connectivity index (χ2n) is 3.83. The van der Waals surface area contributed by atoms with E-state index in [9.17, 15) is 0 Å². The van der Waals surface area contributed by atoms with Crippen LogP contribution in [0.3, 0.4) is 0 Å². The molecular formula is C12H15N. The molecule has 1 heterocycles. The van der Waals surface area contributed by atoms with Gasteiger partial charge in [-0.05, 0) is 34.9 Å². The van der Waals surface area contributed by atoms with Crippen molar-refractivity contribution in [2.24, 2.45) is 0 Å². The molecule has 13 heavy (non-hydrogen) atoms. The van der Waals surface area contributed by atoms with Crippen LogP contribution in [0.2, 0.25) is 0 Å². The van der Waals surface area contributed by atoms with E-state index in [4.69, 9.17) is 0 Å². The molecule has 0 atom stereocenters. The lowest BCUT2D eigenvalue weighted by molar-refractivity contribution is 0.840. The molecule has 0 saturated carbocycles. The maximum absolute atomic E-state index is 3.21. The zero-order chi connectivity index (χ0) is 9.26. The number of rotatable bonds is 1. The second kappa shape index (κ2) is 3.25. The first kappa shape index (κ1) is 8.36. The summed E-state index contributed by atoms with van der Waals surface area (Å²) in [4.78, 5) is 0. The Kier molecular flexibility index (Phi) is 2.09. The summed E-state index contributed by atoms with van der Waals surface area (Å²) >= 11 is 0. The molecule has 1 heteroatoms. The average molecular weight is 173 g/mol. The van der Waals surface area contributed by atoms with E-state index in [-0.39, 0.29) is 0 Å². The van der Waals surface area contributed by atoms with Gasteiger partial charge in [-0.2, -0.15) is 0 Å². The molecule has 0 unspecified atom stereocenters. The summed E-state index contributed by atoms with van der Waals surface area (Å²) in [5.41, 5.74) is 4.18. The Morgan fingerprint density at radius 2 is 2.15 bits per heavy atom. The van der Waals surface area contributed by atoms with Gasteiger partial charge in [-0.25, -0.2) is 0 Å². The van der Waals surface area contributed by atoms with Crippen LogP contribution in [0.15, 0.2) is 24.4 Å². The van der Waals surface area contributed by atoms with E-state index in [1.165, 1.54) is 16.7 Å². The molecule has 0 bridgehead atoms. The van der Waals surface area contributed by atoms with Gasteiger partial charge in [0.25, 0.3) is 0 Å². The number of nitrogens with one attached hydrogen (secondary N) is 1. The van der Waals surface area contributed by atoms with Gasteiger partial charge in [-0.1, -0.05) is 32.0 Å². The van der Waals surface area contributed by atoms with Crippen LogP contribution in [-0.4, -0.2) is 0 Å². The molecule has 0 saturated heterocycles. The van der Waals surface area contributed by atoms with Gasteiger partial charge in [0.05, 0.1) is 0 Å². The molecule has 0 aromatic heterocycles. The monoisotopic (exact) mass is 173 g/mol. The first-order chi connectivity index (χ1) is 6.27. The molecule has 0 fully saturated rings. The van der Waals surface area contributed by atoms with Crippen molar-refractivity contribution in [2.75, 3.05) is 0 Å². The Morgan fingerprint density at radius 1 is 1.31 bits per heavy atom. The van der Waals surface area contributed by atoms with Crippen molar-refractivity contribution in [1.29, 1.82) is 0 Å². The van der Waals surface area contributed by atoms with E-state index >= 15 is 0 Å². The molecule has 0 radical (unpaired) electrons. The molecular weight excluding hydrogens is 158 g/mol. The summed E-state index contributed by atoms with van der Waals surface area (Å²) in [7, 11) is 0. The molecule has 1 nitrogen and oxygen atoms in total. The quantitative estimate of drug-likeness (QED) is 0.688. The summed E-state index contributed by atoms with van der Waals surface area (Å²) in [6, 6.07) is 6.74. The highest BCUT2D eigenvalue weighted by atomic mass is 14.8. The number of hydrogen-bond donors (Lipinski definition) is 1. The van der Waals surface area contributed by atoms with Crippen molar-refractivity contribution >= 4 is 6.08 Å². The molecule has 1 aliphatic rings. The van der Waals surface area contributed by atoms with E-state index in [1.807, 2.05) is 6.20 Å². The predicted molar refractivity (Wildman–Crippen MR) is 56.4 cm³/mol. The lowest BCUT2D eigenvalue weighted by Crippen LogP contribution is -2.10. The van der Waals surface area contributed by atoms with Crippen molar-refractivity contribution in [3.05, 3.63) is 41.1 Å². The van der Waals surface area contributed by atoms with E-state index < -0.39 is 0 Å². The van der Waals surface area contributed by atoms with Crippen molar-refractivity contribution in [3.8, 4) is 0 Å². The molecule has 0 amide bonds. The third-order valence-corrected chi connectivity index (χ3v) is 2.51. The number of fused-ring (bicyclic) bond motifs is 1. The first-order valence-electron chi connectivity index (χ1n) is 4.80. The van der Waals surface area contributed by atoms with Crippen LogP contribution in [0.1, 0.15) is 36.5 Å². The fourth-order valence-corrected chi connectivity index (χ4v) is 1.61. The average Bonchev–Trinajstić information content (AvgIpc) is 2.17. The predicted octanol–water partition coefficient (Wildman–Crippen LogP) is 2.88. The van der Waals surface area contributed by atoms with Gasteiger partial charge in [0.2, 0.25) is 0 Å². The fraction of sp³-hybridized carbons (Fsp3) is 0.333. The highest BCUT2D eigenvalue weighted by molar-refractivity contribution is 5.57. The van der Waals surface area contributed by atoms with Crippen LogP contribution >= 0.6 is 0 Å². The van der Waals surface area contributed by atoms with Crippen LogP contribution < -0.4 is 5.32 Å². The minimum atomic E-state index is 0.619. The van der Waals surface area contributed by atoms with Crippen LogP contribution in [-0.2, 0) is 6.54 Å². The van der Waals surface area contributed by atoms with Gasteiger partial charge in [0.15, 0.2) is 0 Å². The normalized spacial score (nSPS) is 14.1. The van der Waals surface area contributed by atoms with Gasteiger partial charge < -0.3 is 5.32 Å². The highest BCUT2D eigenvalue weighted by Crippen LogP contribution is 2.21. The largest absolute Gasteiger partial charge is 0.387 e. The maximum Gasteiger partial charge on any atom is 0.0401 e. The number of benzene rings is 1. The molecule has 0 spiro atoms. The lowest BCUT2D eigenvalue weighted by atomic mass is 9.96. The topological polar surface area (TPSA) is 12.0 Å². The molecule has 1 aromatic carbocycles. The highest BCUT2D eigenvalue weighted by Gasteiger charge is 2.05. The lowest BCUT2D eigenvalue weighted by Gasteiger charge is -2.14. The Bertz CT molecular complexity index is 337. The summed E-state index contributed by atoms with van der Waals surface area (Å²) in [6.07, 6.45) is 4.16. The zero-order valence-electron chi connectivity index (χ0n) is 8.17.